The standard InChI is InChI=1S/C29H40F2O11S.Na/c1-24(21(32)42-16-29(30,31)43(37,38)39,14-40-22(33)25-4-17-2-18(5-25)9-27(35,8-17)12-25)15-41-23(34)26-6-19-3-20(7-26)11-28(36,10-19)13-26;/h17-20,35-36H,2-16H2,1H3,(H,37,38,39);/q;+1/p-1. The maximum Gasteiger partial charge on any atom is 1.00 e. The van der Waals surface area contributed by atoms with E-state index in [1.54, 1.807) is 0 Å². The fourth-order valence-corrected chi connectivity index (χ4v) is 10.4. The maximum atomic E-state index is 13.8. The normalized spacial score (nSPS) is 41.4. The molecule has 0 radical (unpaired) electrons. The van der Waals surface area contributed by atoms with Crippen LogP contribution >= 0.6 is 0 Å². The third kappa shape index (κ3) is 6.10. The number of alkyl halides is 2. The van der Waals surface area contributed by atoms with E-state index in [9.17, 15) is 46.3 Å². The van der Waals surface area contributed by atoms with Gasteiger partial charge in [0, 0.05) is 0 Å². The number of esters is 3. The van der Waals surface area contributed by atoms with E-state index in [-0.39, 0.29) is 66.1 Å². The third-order valence-corrected chi connectivity index (χ3v) is 12.0. The van der Waals surface area contributed by atoms with Gasteiger partial charge in [0.25, 0.3) is 0 Å². The summed E-state index contributed by atoms with van der Waals surface area (Å²) in [6, 6.07) is 0. The number of rotatable bonds is 10. The molecule has 8 aliphatic rings. The van der Waals surface area contributed by atoms with Gasteiger partial charge in [0.15, 0.2) is 16.7 Å². The minimum absolute atomic E-state index is 0. The molecule has 2 N–H and O–H groups in total. The summed E-state index contributed by atoms with van der Waals surface area (Å²) in [5.41, 5.74) is -5.89. The van der Waals surface area contributed by atoms with Gasteiger partial charge >= 0.3 is 52.7 Å². The first-order valence-corrected chi connectivity index (χ1v) is 16.5. The Morgan fingerprint density at radius 2 is 1.11 bits per heavy atom. The molecule has 0 saturated heterocycles. The molecule has 242 valence electrons. The monoisotopic (exact) mass is 656 g/mol. The van der Waals surface area contributed by atoms with Crippen LogP contribution in [0.1, 0.15) is 84.0 Å². The summed E-state index contributed by atoms with van der Waals surface area (Å²) in [6.45, 7) is -2.34. The second kappa shape index (κ2) is 11.1. The van der Waals surface area contributed by atoms with Crippen molar-refractivity contribution in [1.29, 1.82) is 0 Å². The van der Waals surface area contributed by atoms with Crippen LogP contribution < -0.4 is 29.6 Å². The number of ether oxygens (including phenoxy) is 3. The Morgan fingerprint density at radius 1 is 0.750 bits per heavy atom. The Kier molecular flexibility index (Phi) is 8.67. The summed E-state index contributed by atoms with van der Waals surface area (Å²) >= 11 is 0. The van der Waals surface area contributed by atoms with Crippen LogP contribution in [0.15, 0.2) is 0 Å². The van der Waals surface area contributed by atoms with Crippen molar-refractivity contribution < 1.29 is 90.1 Å². The molecule has 15 heteroatoms. The molecule has 8 saturated carbocycles. The second-order valence-corrected chi connectivity index (χ2v) is 16.8. The predicted octanol–water partition coefficient (Wildman–Crippen LogP) is -0.573. The van der Waals surface area contributed by atoms with E-state index >= 15 is 0 Å². The van der Waals surface area contributed by atoms with Crippen LogP contribution in [0.4, 0.5) is 8.78 Å². The fraction of sp³-hybridized carbons (Fsp3) is 0.897. The summed E-state index contributed by atoms with van der Waals surface area (Å²) in [5.74, 6) is -2.12. The first-order valence-electron chi connectivity index (χ1n) is 15.1. The van der Waals surface area contributed by atoms with Crippen LogP contribution in [0.5, 0.6) is 0 Å². The fourth-order valence-electron chi connectivity index (χ4n) is 10.2. The summed E-state index contributed by atoms with van der Waals surface area (Å²) in [7, 11) is -6.14. The SMILES string of the molecule is CC(COC(=O)C12CC3CC(CC(O)(C3)C1)C2)(COC(=O)C12CC3CC(CC(O)(C3)C1)C2)C(=O)OCC(F)(F)S(=O)(=O)[O-].[Na+]. The predicted molar refractivity (Wildman–Crippen MR) is 140 cm³/mol. The Morgan fingerprint density at radius 3 is 1.43 bits per heavy atom. The minimum atomic E-state index is -6.14. The van der Waals surface area contributed by atoms with E-state index in [2.05, 4.69) is 4.74 Å². The molecule has 4 atom stereocenters. The van der Waals surface area contributed by atoms with Crippen molar-refractivity contribution in [2.24, 2.45) is 39.9 Å². The molecule has 8 fully saturated rings. The van der Waals surface area contributed by atoms with Crippen molar-refractivity contribution in [3.63, 3.8) is 0 Å². The van der Waals surface area contributed by atoms with Crippen LogP contribution in [0.3, 0.4) is 0 Å². The van der Waals surface area contributed by atoms with Gasteiger partial charge < -0.3 is 29.0 Å². The van der Waals surface area contributed by atoms with Gasteiger partial charge in [-0.3, -0.25) is 14.4 Å². The van der Waals surface area contributed by atoms with E-state index in [0.717, 1.165) is 12.8 Å². The molecule has 0 spiro atoms. The second-order valence-electron chi connectivity index (χ2n) is 15.3. The minimum Gasteiger partial charge on any atom is -0.743 e. The number of aliphatic hydroxyl groups is 2. The van der Waals surface area contributed by atoms with Crippen molar-refractivity contribution >= 4 is 28.0 Å². The molecule has 44 heavy (non-hydrogen) atoms. The maximum absolute atomic E-state index is 13.8. The molecule has 8 aliphatic carbocycles. The zero-order valence-electron chi connectivity index (χ0n) is 25.1. The zero-order chi connectivity index (χ0) is 31.3. The number of halogens is 2. The molecular formula is C29H39F2NaO11S. The summed E-state index contributed by atoms with van der Waals surface area (Å²) in [5, 5.41) is 17.1. The number of hydrogen-bond donors (Lipinski definition) is 2. The third-order valence-electron chi connectivity index (χ3n) is 11.2. The summed E-state index contributed by atoms with van der Waals surface area (Å²) in [4.78, 5) is 40.1. The summed E-state index contributed by atoms with van der Waals surface area (Å²) < 4.78 is 76.2. The molecule has 4 unspecified atom stereocenters. The molecule has 0 amide bonds. The van der Waals surface area contributed by atoms with Crippen LogP contribution in [-0.4, -0.2) is 77.4 Å². The van der Waals surface area contributed by atoms with Gasteiger partial charge in [-0.05, 0) is 108 Å². The quantitative estimate of drug-likeness (QED) is 0.133. The molecular weight excluding hydrogens is 617 g/mol. The van der Waals surface area contributed by atoms with Gasteiger partial charge in [-0.15, -0.1) is 0 Å². The van der Waals surface area contributed by atoms with Gasteiger partial charge in [0.2, 0.25) is 0 Å². The molecule has 8 bridgehead atoms. The van der Waals surface area contributed by atoms with Crippen molar-refractivity contribution in [2.75, 3.05) is 19.8 Å². The molecule has 0 aromatic carbocycles. The molecule has 8 rings (SSSR count). The van der Waals surface area contributed by atoms with Gasteiger partial charge in [-0.25, -0.2) is 8.42 Å². The Balaban J connectivity index is 0.00000384. The summed E-state index contributed by atoms with van der Waals surface area (Å²) in [6.07, 6.45) is 6.73. The van der Waals surface area contributed by atoms with Crippen molar-refractivity contribution in [2.45, 2.75) is 100 Å². The van der Waals surface area contributed by atoms with Crippen molar-refractivity contribution in [1.82, 2.24) is 0 Å². The van der Waals surface area contributed by atoms with E-state index in [4.69, 9.17) is 9.47 Å². The molecule has 0 aromatic rings. The first kappa shape index (κ1) is 34.4. The topological polar surface area (TPSA) is 177 Å². The van der Waals surface area contributed by atoms with Gasteiger partial charge in [0.1, 0.15) is 18.6 Å². The number of carbonyl (C=O) groups is 3. The van der Waals surface area contributed by atoms with Crippen LogP contribution in [0, 0.1) is 39.9 Å². The Hall–Kier alpha value is -0.900. The van der Waals surface area contributed by atoms with E-state index in [1.165, 1.54) is 6.92 Å². The zero-order valence-corrected chi connectivity index (χ0v) is 28.0. The van der Waals surface area contributed by atoms with Gasteiger partial charge in [-0.2, -0.15) is 8.78 Å². The molecule has 11 nitrogen and oxygen atoms in total. The van der Waals surface area contributed by atoms with Crippen LogP contribution in [0.25, 0.3) is 0 Å². The average molecular weight is 657 g/mol. The molecule has 0 aromatic heterocycles. The number of carbonyl (C=O) groups excluding carboxylic acids is 3. The smallest absolute Gasteiger partial charge is 0.743 e. The van der Waals surface area contributed by atoms with E-state index in [1.807, 2.05) is 0 Å². The van der Waals surface area contributed by atoms with E-state index in [0.29, 0.717) is 51.4 Å². The average Bonchev–Trinajstić information content (AvgIpc) is 2.85. The van der Waals surface area contributed by atoms with Crippen LogP contribution in [-0.2, 0) is 38.7 Å². The van der Waals surface area contributed by atoms with Crippen molar-refractivity contribution in [3.05, 3.63) is 0 Å². The Bertz CT molecular complexity index is 1230. The van der Waals surface area contributed by atoms with Gasteiger partial charge in [0.05, 0.1) is 22.0 Å². The Labute approximate surface area is 277 Å². The van der Waals surface area contributed by atoms with Crippen molar-refractivity contribution in [3.8, 4) is 0 Å². The number of hydrogen-bond acceptors (Lipinski definition) is 11. The molecule has 0 aliphatic heterocycles. The first-order chi connectivity index (χ1) is 19.8. The van der Waals surface area contributed by atoms with E-state index < -0.39 is 80.5 Å². The van der Waals surface area contributed by atoms with Crippen LogP contribution in [0.2, 0.25) is 0 Å². The molecule has 0 heterocycles. The van der Waals surface area contributed by atoms with Gasteiger partial charge in [-0.1, -0.05) is 0 Å². The largest absolute Gasteiger partial charge is 1.00 e.